The Morgan fingerprint density at radius 1 is 0.644 bits per heavy atom. The molecule has 73 heavy (non-hydrogen) atoms. The van der Waals surface area contributed by atoms with Gasteiger partial charge in [-0.15, -0.1) is 35.4 Å². The molecule has 1 aliphatic heterocycles. The molecular formula is C67H74N4OPt. The molecule has 0 N–H and O–H groups in total. The van der Waals surface area contributed by atoms with Crippen LogP contribution in [0.2, 0.25) is 0 Å². The van der Waals surface area contributed by atoms with E-state index < -0.39 is 11.1 Å². The van der Waals surface area contributed by atoms with Gasteiger partial charge in [0.1, 0.15) is 5.65 Å². The number of nitrogens with zero attached hydrogens (tertiary/aromatic N) is 4. The molecule has 0 saturated carbocycles. The first-order chi connectivity index (χ1) is 33.8. The van der Waals surface area contributed by atoms with Crippen LogP contribution in [0.15, 0.2) is 102 Å². The fourth-order valence-electron chi connectivity index (χ4n) is 12.0. The summed E-state index contributed by atoms with van der Waals surface area (Å²) in [7, 11) is 0. The third-order valence-electron chi connectivity index (χ3n) is 16.2. The maximum absolute atomic E-state index is 7.30. The molecule has 0 bridgehead atoms. The van der Waals surface area contributed by atoms with E-state index in [-0.39, 0.29) is 43.7 Å². The first-order valence-corrected chi connectivity index (χ1v) is 26.2. The van der Waals surface area contributed by atoms with Gasteiger partial charge in [-0.25, -0.2) is 4.98 Å². The second kappa shape index (κ2) is 18.3. The number of fused-ring (bicyclic) bond motifs is 6. The second-order valence-electron chi connectivity index (χ2n) is 24.6. The standard InChI is InChI=1S/C67H74N4O.Pt/c1-38(2)54-20-19-21-55(39(3)4)61(54)71-62(69-67(18)58-28-43(8)42(7)27-48(58)36-66(67,71)17)47-29-46(60-44(9)24-40(5)25-45(60)10)30-52(31-47)72-53-33-50(65(14,15)16)32-51(35-53)70-59-23-22-49(64(11,12)13)34-56(59)57-26-41(6)37-68-63(57)70;/h19-30,32-34,37-39H,36H2,1-18H3;/q-2;+2/t66-,67+;/m0./s1. The van der Waals surface area contributed by atoms with Gasteiger partial charge in [-0.1, -0.05) is 147 Å². The normalized spacial score (nSPS) is 17.7. The van der Waals surface area contributed by atoms with E-state index in [2.05, 4.69) is 237 Å². The number of benzene rings is 6. The number of aliphatic imine (C=N–C) groups is 1. The van der Waals surface area contributed by atoms with Crippen molar-refractivity contribution in [3.05, 3.63) is 182 Å². The Morgan fingerprint density at radius 3 is 1.90 bits per heavy atom. The van der Waals surface area contributed by atoms with Crippen LogP contribution in [0.25, 0.3) is 38.8 Å². The van der Waals surface area contributed by atoms with E-state index in [0.29, 0.717) is 11.5 Å². The van der Waals surface area contributed by atoms with Gasteiger partial charge in [0.15, 0.2) is 0 Å². The maximum Gasteiger partial charge on any atom is 2.00 e. The zero-order valence-corrected chi connectivity index (χ0v) is 48.9. The van der Waals surface area contributed by atoms with Crippen molar-refractivity contribution in [1.29, 1.82) is 0 Å². The molecule has 0 spiro atoms. The van der Waals surface area contributed by atoms with Crippen LogP contribution in [-0.2, 0) is 43.9 Å². The quantitative estimate of drug-likeness (QED) is 0.142. The van der Waals surface area contributed by atoms with E-state index in [9.17, 15) is 0 Å². The van der Waals surface area contributed by atoms with Crippen molar-refractivity contribution < 1.29 is 25.8 Å². The largest absolute Gasteiger partial charge is 2.00 e. The van der Waals surface area contributed by atoms with Crippen LogP contribution in [0.1, 0.15) is 167 Å². The van der Waals surface area contributed by atoms with Crippen molar-refractivity contribution in [3.8, 4) is 28.3 Å². The summed E-state index contributed by atoms with van der Waals surface area (Å²) in [5.41, 5.74) is 21.3. The van der Waals surface area contributed by atoms with Gasteiger partial charge in [-0.2, -0.15) is 0 Å². The molecule has 0 amide bonds. The monoisotopic (exact) mass is 1150 g/mol. The molecule has 378 valence electrons. The zero-order valence-electron chi connectivity index (χ0n) is 46.6. The Bertz CT molecular complexity index is 3510. The van der Waals surface area contributed by atoms with Crippen molar-refractivity contribution in [1.82, 2.24) is 9.55 Å². The summed E-state index contributed by atoms with van der Waals surface area (Å²) in [5.74, 6) is 2.72. The van der Waals surface area contributed by atoms with E-state index in [4.69, 9.17) is 14.7 Å². The van der Waals surface area contributed by atoms with Gasteiger partial charge in [0.05, 0.1) is 22.4 Å². The minimum atomic E-state index is -0.554. The van der Waals surface area contributed by atoms with Crippen molar-refractivity contribution in [3.63, 3.8) is 0 Å². The van der Waals surface area contributed by atoms with Gasteiger partial charge in [-0.3, -0.25) is 0 Å². The van der Waals surface area contributed by atoms with Crippen molar-refractivity contribution in [2.75, 3.05) is 4.90 Å². The SMILES string of the molecule is Cc1cc(C)c(-c2cc(Oc3[c-]c(-n4c5ccc(C(C)(C)C)cc5c5cc(C)cnc54)cc(C(C)(C)C)c3)[c-]c(C3=N[C@]4(C)c5cc(C)c(C)cc5C[C@]4(C)N3c3c(C(C)C)cccc3C(C)C)c2)c(C)c1.[Pt+2]. The summed E-state index contributed by atoms with van der Waals surface area (Å²) >= 11 is 0. The predicted octanol–water partition coefficient (Wildman–Crippen LogP) is 17.4. The molecule has 0 radical (unpaired) electrons. The number of ether oxygens (including phenoxy) is 1. The van der Waals surface area contributed by atoms with Crippen LogP contribution < -0.4 is 9.64 Å². The van der Waals surface area contributed by atoms with E-state index in [1.165, 1.54) is 72.3 Å². The molecule has 1 aliphatic carbocycles. The molecule has 2 atom stereocenters. The Hall–Kier alpha value is -5.77. The molecule has 6 heteroatoms. The molecule has 3 heterocycles. The Balaban J connectivity index is 0.00000656. The van der Waals surface area contributed by atoms with Gasteiger partial charge in [0, 0.05) is 34.2 Å². The van der Waals surface area contributed by atoms with E-state index in [1.807, 2.05) is 6.20 Å². The number of hydrogen-bond donors (Lipinski definition) is 0. The predicted molar refractivity (Wildman–Crippen MR) is 304 cm³/mol. The smallest absolute Gasteiger partial charge is 0.503 e. The first kappa shape index (κ1) is 52.1. The number of aromatic nitrogens is 2. The molecule has 8 aromatic rings. The Morgan fingerprint density at radius 2 is 1.27 bits per heavy atom. The summed E-state index contributed by atoms with van der Waals surface area (Å²) in [6.45, 7) is 41.0. The summed E-state index contributed by atoms with van der Waals surface area (Å²) in [6.07, 6.45) is 2.83. The summed E-state index contributed by atoms with van der Waals surface area (Å²) in [6, 6.07) is 42.1. The van der Waals surface area contributed by atoms with E-state index in [1.54, 1.807) is 0 Å². The number of hydrogen-bond acceptors (Lipinski definition) is 4. The minimum absolute atomic E-state index is 0. The fraction of sp³-hybridized carbons (Fsp3) is 0.373. The van der Waals surface area contributed by atoms with Crippen molar-refractivity contribution >= 4 is 33.5 Å². The van der Waals surface area contributed by atoms with Gasteiger partial charge < -0.3 is 19.2 Å². The Kier molecular flexibility index (Phi) is 13.0. The van der Waals surface area contributed by atoms with Gasteiger partial charge in [-0.05, 0) is 164 Å². The summed E-state index contributed by atoms with van der Waals surface area (Å²) < 4.78 is 9.57. The van der Waals surface area contributed by atoms with Crippen LogP contribution in [0.3, 0.4) is 0 Å². The first-order valence-electron chi connectivity index (χ1n) is 26.2. The van der Waals surface area contributed by atoms with Crippen LogP contribution in [-0.4, -0.2) is 20.9 Å². The number of para-hydroxylation sites is 1. The van der Waals surface area contributed by atoms with E-state index >= 15 is 0 Å². The molecule has 0 fully saturated rings. The number of anilines is 1. The molecule has 6 aromatic carbocycles. The third kappa shape index (κ3) is 8.70. The van der Waals surface area contributed by atoms with E-state index in [0.717, 1.165) is 56.7 Å². The van der Waals surface area contributed by atoms with Gasteiger partial charge in [0.25, 0.3) is 0 Å². The number of aryl methyl sites for hydroxylation is 6. The summed E-state index contributed by atoms with van der Waals surface area (Å²) in [4.78, 5) is 13.8. The molecule has 5 nitrogen and oxygen atoms in total. The van der Waals surface area contributed by atoms with Gasteiger partial charge >= 0.3 is 21.1 Å². The minimum Gasteiger partial charge on any atom is -0.503 e. The molecule has 0 unspecified atom stereocenters. The van der Waals surface area contributed by atoms with Crippen LogP contribution in [0.4, 0.5) is 5.69 Å². The third-order valence-corrected chi connectivity index (χ3v) is 16.2. The molecule has 10 rings (SSSR count). The number of pyridine rings is 1. The number of rotatable bonds is 8. The van der Waals surface area contributed by atoms with Crippen LogP contribution >= 0.6 is 0 Å². The van der Waals surface area contributed by atoms with Crippen molar-refractivity contribution in [2.45, 2.75) is 165 Å². The fourth-order valence-corrected chi connectivity index (χ4v) is 12.0. The Labute approximate surface area is 450 Å². The maximum atomic E-state index is 7.30. The number of amidine groups is 1. The molecule has 2 aromatic heterocycles. The van der Waals surface area contributed by atoms with Crippen molar-refractivity contribution in [2.24, 2.45) is 4.99 Å². The van der Waals surface area contributed by atoms with Crippen LogP contribution in [0, 0.1) is 53.7 Å². The van der Waals surface area contributed by atoms with Crippen LogP contribution in [0.5, 0.6) is 11.5 Å². The summed E-state index contributed by atoms with van der Waals surface area (Å²) in [5, 5.41) is 2.31. The molecular weight excluding hydrogens is 1070 g/mol. The second-order valence-corrected chi connectivity index (χ2v) is 24.6. The average Bonchev–Trinajstić information content (AvgIpc) is 3.81. The topological polar surface area (TPSA) is 42.6 Å². The average molecular weight is 1150 g/mol. The zero-order chi connectivity index (χ0) is 51.7. The molecule has 2 aliphatic rings. The van der Waals surface area contributed by atoms with Gasteiger partial charge in [0.2, 0.25) is 0 Å². The molecule has 0 saturated heterocycles.